The van der Waals surface area contributed by atoms with Gasteiger partial charge in [0, 0.05) is 6.42 Å². The highest BCUT2D eigenvalue weighted by molar-refractivity contribution is 5.69. The fourth-order valence-electron chi connectivity index (χ4n) is 2.26. The van der Waals surface area contributed by atoms with E-state index in [0.29, 0.717) is 19.3 Å². The Labute approximate surface area is 170 Å². The van der Waals surface area contributed by atoms with Gasteiger partial charge in [-0.1, -0.05) is 68.4 Å². The van der Waals surface area contributed by atoms with Crippen LogP contribution in [0.3, 0.4) is 0 Å². The Kier molecular flexibility index (Phi) is 18.8. The second-order valence-electron chi connectivity index (χ2n) is 6.70. The van der Waals surface area contributed by atoms with E-state index in [-0.39, 0.29) is 12.6 Å². The fourth-order valence-corrected chi connectivity index (χ4v) is 2.26. The summed E-state index contributed by atoms with van der Waals surface area (Å²) in [6, 6.07) is 0. The molecule has 3 N–H and O–H groups in total. The highest BCUT2D eigenvalue weighted by atomic mass is 16.5. The number of rotatable bonds is 17. The second-order valence-corrected chi connectivity index (χ2v) is 6.70. The Balaban J connectivity index is 3.65. The molecule has 0 saturated carbocycles. The van der Waals surface area contributed by atoms with Gasteiger partial charge >= 0.3 is 5.97 Å². The summed E-state index contributed by atoms with van der Waals surface area (Å²) in [5, 5.41) is 27.5. The molecule has 0 fully saturated rings. The number of ether oxygens (including phenoxy) is 1. The van der Waals surface area contributed by atoms with Gasteiger partial charge in [-0.3, -0.25) is 4.79 Å². The number of carbonyl (C=O) groups excluding carboxylic acids is 1. The number of hydrogen-bond acceptors (Lipinski definition) is 5. The zero-order valence-electron chi connectivity index (χ0n) is 17.2. The zero-order chi connectivity index (χ0) is 20.9. The van der Waals surface area contributed by atoms with Gasteiger partial charge in [0.15, 0.2) is 0 Å². The number of allylic oxidation sites excluding steroid dienone is 6. The molecular weight excluding hydrogens is 356 g/mol. The van der Waals surface area contributed by atoms with Crippen molar-refractivity contribution in [1.29, 1.82) is 0 Å². The van der Waals surface area contributed by atoms with Crippen molar-refractivity contribution in [2.75, 3.05) is 13.2 Å². The van der Waals surface area contributed by atoms with Crippen LogP contribution >= 0.6 is 0 Å². The molecule has 2 atom stereocenters. The van der Waals surface area contributed by atoms with Crippen LogP contribution in [0.2, 0.25) is 0 Å². The van der Waals surface area contributed by atoms with E-state index >= 15 is 0 Å². The summed E-state index contributed by atoms with van der Waals surface area (Å²) in [5.74, 6) is -0.362. The highest BCUT2D eigenvalue weighted by Crippen LogP contribution is 2.03. The van der Waals surface area contributed by atoms with Gasteiger partial charge in [-0.2, -0.15) is 0 Å². The van der Waals surface area contributed by atoms with Crippen LogP contribution in [-0.4, -0.2) is 46.7 Å². The fraction of sp³-hybridized carbons (Fsp3) is 0.609. The van der Waals surface area contributed by atoms with Crippen LogP contribution in [0.15, 0.2) is 48.6 Å². The van der Waals surface area contributed by atoms with Crippen molar-refractivity contribution < 1.29 is 24.9 Å². The molecule has 0 aromatic carbocycles. The lowest BCUT2D eigenvalue weighted by Gasteiger charge is -2.07. The number of hydrogen-bond donors (Lipinski definition) is 3. The van der Waals surface area contributed by atoms with E-state index in [9.17, 15) is 9.90 Å². The van der Waals surface area contributed by atoms with Gasteiger partial charge in [-0.25, -0.2) is 0 Å². The quantitative estimate of drug-likeness (QED) is 0.150. The summed E-state index contributed by atoms with van der Waals surface area (Å²) in [5.41, 5.74) is 0. The predicted molar refractivity (Wildman–Crippen MR) is 114 cm³/mol. The average molecular weight is 395 g/mol. The first kappa shape index (κ1) is 26.3. The molecule has 0 unspecified atom stereocenters. The summed E-state index contributed by atoms with van der Waals surface area (Å²) in [4.78, 5) is 11.4. The van der Waals surface area contributed by atoms with Gasteiger partial charge in [-0.15, -0.1) is 0 Å². The maximum absolute atomic E-state index is 11.4. The minimum absolute atomic E-state index is 0.160. The van der Waals surface area contributed by atoms with E-state index in [1.54, 1.807) is 6.08 Å². The summed E-state index contributed by atoms with van der Waals surface area (Å²) in [7, 11) is 0. The number of aliphatic hydroxyl groups excluding tert-OH is 3. The molecule has 0 aliphatic rings. The van der Waals surface area contributed by atoms with Gasteiger partial charge in [0.05, 0.1) is 12.7 Å². The minimum Gasteiger partial charge on any atom is -0.463 e. The van der Waals surface area contributed by atoms with E-state index in [1.807, 2.05) is 36.5 Å². The molecule has 0 amide bonds. The van der Waals surface area contributed by atoms with Crippen LogP contribution in [0, 0.1) is 0 Å². The Hall–Kier alpha value is -1.69. The molecule has 160 valence electrons. The second kappa shape index (κ2) is 20.1. The van der Waals surface area contributed by atoms with E-state index in [1.165, 1.54) is 19.3 Å². The number of unbranched alkanes of at least 4 members (excludes halogenated alkanes) is 4. The molecular formula is C23H38O5. The molecule has 5 nitrogen and oxygen atoms in total. The Morgan fingerprint density at radius 2 is 1.71 bits per heavy atom. The molecule has 0 aliphatic carbocycles. The third-order valence-corrected chi connectivity index (χ3v) is 3.94. The van der Waals surface area contributed by atoms with Crippen molar-refractivity contribution in [3.05, 3.63) is 48.6 Å². The average Bonchev–Trinajstić information content (AvgIpc) is 2.69. The van der Waals surface area contributed by atoms with Gasteiger partial charge in [0.1, 0.15) is 12.7 Å². The van der Waals surface area contributed by atoms with E-state index < -0.39 is 18.8 Å². The molecule has 0 spiro atoms. The molecule has 28 heavy (non-hydrogen) atoms. The van der Waals surface area contributed by atoms with Crippen LogP contribution in [-0.2, 0) is 9.53 Å². The zero-order valence-corrected chi connectivity index (χ0v) is 17.2. The van der Waals surface area contributed by atoms with Crippen LogP contribution in [0.25, 0.3) is 0 Å². The van der Waals surface area contributed by atoms with Crippen molar-refractivity contribution in [2.45, 2.75) is 76.9 Å². The van der Waals surface area contributed by atoms with Gasteiger partial charge in [0.2, 0.25) is 0 Å². The summed E-state index contributed by atoms with van der Waals surface area (Å²) >= 11 is 0. The first-order valence-electron chi connectivity index (χ1n) is 10.4. The van der Waals surface area contributed by atoms with Crippen LogP contribution in [0.4, 0.5) is 0 Å². The highest BCUT2D eigenvalue weighted by Gasteiger charge is 2.06. The summed E-state index contributed by atoms with van der Waals surface area (Å²) in [6.45, 7) is 1.62. The van der Waals surface area contributed by atoms with Crippen molar-refractivity contribution in [3.8, 4) is 0 Å². The first-order valence-corrected chi connectivity index (χ1v) is 10.4. The largest absolute Gasteiger partial charge is 0.463 e. The topological polar surface area (TPSA) is 87.0 Å². The monoisotopic (exact) mass is 394 g/mol. The van der Waals surface area contributed by atoms with Crippen LogP contribution in [0.1, 0.15) is 64.7 Å². The number of esters is 1. The molecule has 0 saturated heterocycles. The van der Waals surface area contributed by atoms with Crippen molar-refractivity contribution in [3.63, 3.8) is 0 Å². The molecule has 0 aromatic rings. The summed E-state index contributed by atoms with van der Waals surface area (Å²) < 4.78 is 4.82. The van der Waals surface area contributed by atoms with Gasteiger partial charge < -0.3 is 20.1 Å². The van der Waals surface area contributed by atoms with E-state index in [2.05, 4.69) is 13.0 Å². The Morgan fingerprint density at radius 1 is 0.964 bits per heavy atom. The molecule has 0 aromatic heterocycles. The van der Waals surface area contributed by atoms with E-state index in [4.69, 9.17) is 14.9 Å². The Bertz CT molecular complexity index is 479. The summed E-state index contributed by atoms with van der Waals surface area (Å²) in [6.07, 6.45) is 22.3. The molecule has 0 radical (unpaired) electrons. The number of aliphatic hydroxyl groups is 3. The number of carbonyl (C=O) groups is 1. The lowest BCUT2D eigenvalue weighted by Crippen LogP contribution is -2.21. The normalized spacial score (nSPS) is 14.6. The smallest absolute Gasteiger partial charge is 0.305 e. The third-order valence-electron chi connectivity index (χ3n) is 3.94. The van der Waals surface area contributed by atoms with Crippen LogP contribution in [0.5, 0.6) is 0 Å². The van der Waals surface area contributed by atoms with Crippen molar-refractivity contribution >= 4 is 5.97 Å². The first-order chi connectivity index (χ1) is 13.6. The van der Waals surface area contributed by atoms with Crippen LogP contribution < -0.4 is 0 Å². The maximum Gasteiger partial charge on any atom is 0.305 e. The lowest BCUT2D eigenvalue weighted by atomic mass is 10.2. The molecule has 0 heterocycles. The molecule has 0 rings (SSSR count). The van der Waals surface area contributed by atoms with Crippen molar-refractivity contribution in [1.82, 2.24) is 0 Å². The maximum atomic E-state index is 11.4. The Morgan fingerprint density at radius 3 is 2.46 bits per heavy atom. The van der Waals surface area contributed by atoms with Gasteiger partial charge in [0.25, 0.3) is 0 Å². The molecule has 0 bridgehead atoms. The minimum atomic E-state index is -1.00. The lowest BCUT2D eigenvalue weighted by molar-refractivity contribution is -0.147. The molecule has 5 heteroatoms. The predicted octanol–water partition coefficient (Wildman–Crippen LogP) is 4.00. The van der Waals surface area contributed by atoms with Gasteiger partial charge in [-0.05, 0) is 38.5 Å². The molecule has 0 aliphatic heterocycles. The van der Waals surface area contributed by atoms with Crippen molar-refractivity contribution in [2.24, 2.45) is 0 Å². The third kappa shape index (κ3) is 19.1. The standard InChI is InChI=1S/C23H38O5/c1-2-3-4-5-7-10-13-16-21(25)17-14-11-8-6-9-12-15-18-23(27)28-20-22(26)19-24/h6-7,9-11,13-14,16,21-22,24-26H,2-5,8,12,15,17-20H2,1H3/b9-6+,10-7-,14-11-,16-13-/t21-,22+/m1/s1. The van der Waals surface area contributed by atoms with E-state index in [0.717, 1.165) is 19.3 Å². The SMILES string of the molecule is CCCCC/C=C\C=C/[C@@H](O)C/C=C\C/C=C/CCCC(=O)OC[C@@H](O)CO.